The molecule has 14 heavy (non-hydrogen) atoms. The molecule has 0 saturated heterocycles. The smallest absolute Gasteiger partial charge is 0.139 e. The molecule has 2 saturated carbocycles. The van der Waals surface area contributed by atoms with Crippen molar-refractivity contribution >= 4 is 5.78 Å². The van der Waals surface area contributed by atoms with Gasteiger partial charge in [0.2, 0.25) is 0 Å². The summed E-state index contributed by atoms with van der Waals surface area (Å²) in [6.45, 7) is 6.43. The Kier molecular flexibility index (Phi) is 2.68. The molecule has 1 heteroatoms. The van der Waals surface area contributed by atoms with Gasteiger partial charge in [-0.05, 0) is 30.6 Å². The van der Waals surface area contributed by atoms with Crippen LogP contribution in [0.15, 0.2) is 0 Å². The second-order valence-corrected chi connectivity index (χ2v) is 5.57. The van der Waals surface area contributed by atoms with Crippen molar-refractivity contribution in [1.29, 1.82) is 0 Å². The molecule has 3 unspecified atom stereocenters. The second kappa shape index (κ2) is 3.67. The van der Waals surface area contributed by atoms with Crippen molar-refractivity contribution in [2.45, 2.75) is 46.5 Å². The lowest BCUT2D eigenvalue weighted by molar-refractivity contribution is -0.125. The van der Waals surface area contributed by atoms with Gasteiger partial charge in [0.05, 0.1) is 0 Å². The summed E-state index contributed by atoms with van der Waals surface area (Å²) >= 11 is 0. The van der Waals surface area contributed by atoms with Gasteiger partial charge in [-0.1, -0.05) is 33.6 Å². The summed E-state index contributed by atoms with van der Waals surface area (Å²) in [5.41, 5.74) is 0. The van der Waals surface area contributed by atoms with Crippen LogP contribution < -0.4 is 0 Å². The van der Waals surface area contributed by atoms with Gasteiger partial charge in [0.1, 0.15) is 5.78 Å². The number of hydrogen-bond acceptors (Lipinski definition) is 1. The number of ketones is 1. The van der Waals surface area contributed by atoms with E-state index in [2.05, 4.69) is 20.8 Å². The molecule has 80 valence electrons. The van der Waals surface area contributed by atoms with E-state index in [1.165, 1.54) is 25.7 Å². The van der Waals surface area contributed by atoms with Crippen LogP contribution in [0, 0.1) is 29.6 Å². The lowest BCUT2D eigenvalue weighted by Gasteiger charge is -2.13. The number of hydrogen-bond donors (Lipinski definition) is 0. The molecule has 2 aliphatic carbocycles. The average Bonchev–Trinajstić information content (AvgIpc) is 2.89. The molecule has 0 aliphatic heterocycles. The Bertz CT molecular complexity index is 219. The Morgan fingerprint density at radius 3 is 2.00 bits per heavy atom. The Morgan fingerprint density at radius 1 is 1.07 bits per heavy atom. The monoisotopic (exact) mass is 194 g/mol. The molecule has 0 aromatic rings. The molecule has 1 nitrogen and oxygen atoms in total. The summed E-state index contributed by atoms with van der Waals surface area (Å²) in [5.74, 6) is 3.41. The van der Waals surface area contributed by atoms with Crippen LogP contribution in [0.4, 0.5) is 0 Å². The fraction of sp³-hybridized carbons (Fsp3) is 0.923. The minimum Gasteiger partial charge on any atom is -0.299 e. The van der Waals surface area contributed by atoms with Crippen molar-refractivity contribution in [3.63, 3.8) is 0 Å². The molecule has 0 aromatic carbocycles. The summed E-state index contributed by atoms with van der Waals surface area (Å²) in [7, 11) is 0. The zero-order chi connectivity index (χ0) is 10.3. The predicted molar refractivity (Wildman–Crippen MR) is 57.9 cm³/mol. The van der Waals surface area contributed by atoms with Crippen molar-refractivity contribution in [3.8, 4) is 0 Å². The van der Waals surface area contributed by atoms with Gasteiger partial charge in [0.25, 0.3) is 0 Å². The lowest BCUT2D eigenvalue weighted by Crippen LogP contribution is -2.19. The predicted octanol–water partition coefficient (Wildman–Crippen LogP) is 3.28. The zero-order valence-electron chi connectivity index (χ0n) is 9.62. The van der Waals surface area contributed by atoms with Crippen molar-refractivity contribution < 1.29 is 4.79 Å². The van der Waals surface area contributed by atoms with Crippen molar-refractivity contribution in [3.05, 3.63) is 0 Å². The highest BCUT2D eigenvalue weighted by molar-refractivity contribution is 5.86. The molecule has 0 amide bonds. The third kappa shape index (κ3) is 1.62. The summed E-state index contributed by atoms with van der Waals surface area (Å²) in [4.78, 5) is 12.1. The van der Waals surface area contributed by atoms with Crippen LogP contribution in [-0.4, -0.2) is 5.78 Å². The lowest BCUT2D eigenvalue weighted by atomic mass is 9.90. The van der Waals surface area contributed by atoms with E-state index in [0.29, 0.717) is 17.6 Å². The quantitative estimate of drug-likeness (QED) is 0.674. The molecule has 0 bridgehead atoms. The maximum absolute atomic E-state index is 12.1. The Hall–Kier alpha value is -0.330. The minimum absolute atomic E-state index is 0.283. The molecular formula is C13H22O. The molecular weight excluding hydrogens is 172 g/mol. The third-order valence-electron chi connectivity index (χ3n) is 4.43. The van der Waals surface area contributed by atoms with E-state index in [4.69, 9.17) is 0 Å². The average molecular weight is 194 g/mol. The fourth-order valence-corrected chi connectivity index (χ4v) is 3.05. The van der Waals surface area contributed by atoms with E-state index >= 15 is 0 Å². The zero-order valence-corrected chi connectivity index (χ0v) is 9.62. The largest absolute Gasteiger partial charge is 0.299 e. The van der Waals surface area contributed by atoms with Crippen molar-refractivity contribution in [2.75, 3.05) is 0 Å². The summed E-state index contributed by atoms with van der Waals surface area (Å²) in [5, 5.41) is 0. The number of rotatable bonds is 3. The van der Waals surface area contributed by atoms with E-state index in [9.17, 15) is 4.79 Å². The molecule has 0 heterocycles. The van der Waals surface area contributed by atoms with E-state index in [0.717, 1.165) is 11.8 Å². The number of carbonyl (C=O) groups excluding carboxylic acids is 1. The number of fused-ring (bicyclic) bond motifs is 1. The first-order chi connectivity index (χ1) is 6.63. The first-order valence-electron chi connectivity index (χ1n) is 6.16. The molecule has 0 N–H and O–H groups in total. The normalized spacial score (nSPS) is 37.9. The molecule has 2 aliphatic rings. The number of carbonyl (C=O) groups is 1. The second-order valence-electron chi connectivity index (χ2n) is 5.57. The van der Waals surface area contributed by atoms with Gasteiger partial charge in [-0.15, -0.1) is 0 Å². The molecule has 0 spiro atoms. The van der Waals surface area contributed by atoms with Crippen LogP contribution in [0.2, 0.25) is 0 Å². The standard InChI is InChI=1S/C13H22O/c1-8(2)9(3)13(14)12-10-6-4-5-7-11(10)12/h8-12H,4-7H2,1-3H3. The van der Waals surface area contributed by atoms with Gasteiger partial charge in [-0.2, -0.15) is 0 Å². The maximum atomic E-state index is 12.1. The SMILES string of the molecule is CC(C)C(C)C(=O)C1C2CCCCC21. The first-order valence-corrected chi connectivity index (χ1v) is 6.16. The van der Waals surface area contributed by atoms with Crippen LogP contribution in [-0.2, 0) is 4.79 Å². The van der Waals surface area contributed by atoms with Crippen LogP contribution in [0.25, 0.3) is 0 Å². The van der Waals surface area contributed by atoms with E-state index in [1.807, 2.05) is 0 Å². The highest BCUT2D eigenvalue weighted by Gasteiger charge is 2.55. The summed E-state index contributed by atoms with van der Waals surface area (Å²) < 4.78 is 0. The molecule has 2 fully saturated rings. The molecule has 3 atom stereocenters. The minimum atomic E-state index is 0.283. The molecule has 0 aromatic heterocycles. The van der Waals surface area contributed by atoms with E-state index in [-0.39, 0.29) is 5.92 Å². The summed E-state index contributed by atoms with van der Waals surface area (Å²) in [6.07, 6.45) is 5.37. The van der Waals surface area contributed by atoms with Crippen LogP contribution in [0.1, 0.15) is 46.5 Å². The maximum Gasteiger partial charge on any atom is 0.139 e. The molecule has 2 rings (SSSR count). The topological polar surface area (TPSA) is 17.1 Å². The van der Waals surface area contributed by atoms with Gasteiger partial charge in [0, 0.05) is 11.8 Å². The van der Waals surface area contributed by atoms with Gasteiger partial charge in [-0.3, -0.25) is 4.79 Å². The van der Waals surface area contributed by atoms with E-state index < -0.39 is 0 Å². The third-order valence-corrected chi connectivity index (χ3v) is 4.43. The van der Waals surface area contributed by atoms with Gasteiger partial charge < -0.3 is 0 Å². The van der Waals surface area contributed by atoms with Crippen LogP contribution in [0.3, 0.4) is 0 Å². The van der Waals surface area contributed by atoms with Crippen molar-refractivity contribution in [1.82, 2.24) is 0 Å². The van der Waals surface area contributed by atoms with Gasteiger partial charge >= 0.3 is 0 Å². The fourth-order valence-electron chi connectivity index (χ4n) is 3.05. The highest BCUT2D eigenvalue weighted by atomic mass is 16.1. The highest BCUT2D eigenvalue weighted by Crippen LogP contribution is 2.56. The van der Waals surface area contributed by atoms with Crippen LogP contribution >= 0.6 is 0 Å². The summed E-state index contributed by atoms with van der Waals surface area (Å²) in [6, 6.07) is 0. The Labute approximate surface area is 87.3 Å². The van der Waals surface area contributed by atoms with Gasteiger partial charge in [0.15, 0.2) is 0 Å². The van der Waals surface area contributed by atoms with Crippen LogP contribution in [0.5, 0.6) is 0 Å². The van der Waals surface area contributed by atoms with Crippen molar-refractivity contribution in [2.24, 2.45) is 29.6 Å². The first kappa shape index (κ1) is 10.2. The van der Waals surface area contributed by atoms with E-state index in [1.54, 1.807) is 0 Å². The van der Waals surface area contributed by atoms with Gasteiger partial charge in [-0.25, -0.2) is 0 Å². The number of Topliss-reactive ketones (excluding diaryl/α,β-unsaturated/α-hetero) is 1. The Balaban J connectivity index is 1.94. The molecule has 0 radical (unpaired) electrons. The Morgan fingerprint density at radius 2 is 1.57 bits per heavy atom.